The van der Waals surface area contributed by atoms with Crippen molar-refractivity contribution in [2.24, 2.45) is 0 Å². The molecule has 0 aliphatic carbocycles. The lowest BCUT2D eigenvalue weighted by Crippen LogP contribution is -2.20. The quantitative estimate of drug-likeness (QED) is 0.504. The lowest BCUT2D eigenvalue weighted by atomic mass is 10.1. The number of carbonyl (C=O) groups excluding carboxylic acids is 1. The summed E-state index contributed by atoms with van der Waals surface area (Å²) in [5, 5.41) is 15.6. The van der Waals surface area contributed by atoms with E-state index in [1.54, 1.807) is 17.5 Å². The maximum Gasteiger partial charge on any atom is 0.269 e. The van der Waals surface area contributed by atoms with Crippen LogP contribution in [-0.2, 0) is 4.79 Å². The molecule has 1 aromatic heterocycles. The number of nitrogens with zero attached hydrogens (tertiary/aromatic N) is 2. The standard InChI is InChI=1S/C19H17N3O4S/c1-12-4-3-5-13(2)18(12)26-10-17(23)21-19-20-16(11-27-19)14-6-8-15(9-7-14)22(24)25/h3-9,11H,10H2,1-2H3,(H,20,21,23). The fourth-order valence-corrected chi connectivity index (χ4v) is 3.27. The lowest BCUT2D eigenvalue weighted by molar-refractivity contribution is -0.384. The first kappa shape index (κ1) is 18.5. The highest BCUT2D eigenvalue weighted by Gasteiger charge is 2.11. The van der Waals surface area contributed by atoms with Gasteiger partial charge in [0.15, 0.2) is 11.7 Å². The molecule has 1 N–H and O–H groups in total. The monoisotopic (exact) mass is 383 g/mol. The fraction of sp³-hybridized carbons (Fsp3) is 0.158. The van der Waals surface area contributed by atoms with Gasteiger partial charge in [0.05, 0.1) is 10.6 Å². The van der Waals surface area contributed by atoms with Crippen molar-refractivity contribution in [2.75, 3.05) is 11.9 Å². The van der Waals surface area contributed by atoms with Crippen LogP contribution in [0.1, 0.15) is 11.1 Å². The lowest BCUT2D eigenvalue weighted by Gasteiger charge is -2.11. The van der Waals surface area contributed by atoms with Crippen LogP contribution in [-0.4, -0.2) is 22.4 Å². The number of nitrogens with one attached hydrogen (secondary N) is 1. The second-order valence-electron chi connectivity index (χ2n) is 5.90. The Kier molecular flexibility index (Phi) is 5.46. The molecule has 1 heterocycles. The average molecular weight is 383 g/mol. The largest absolute Gasteiger partial charge is 0.483 e. The minimum Gasteiger partial charge on any atom is -0.483 e. The van der Waals surface area contributed by atoms with Gasteiger partial charge in [0.25, 0.3) is 11.6 Å². The van der Waals surface area contributed by atoms with Gasteiger partial charge in [-0.05, 0) is 37.1 Å². The Balaban J connectivity index is 1.61. The number of carbonyl (C=O) groups is 1. The number of amides is 1. The first-order valence-corrected chi connectivity index (χ1v) is 9.01. The van der Waals surface area contributed by atoms with Crippen molar-refractivity contribution in [1.29, 1.82) is 0 Å². The highest BCUT2D eigenvalue weighted by molar-refractivity contribution is 7.14. The third-order valence-corrected chi connectivity index (χ3v) is 4.64. The molecule has 0 saturated carbocycles. The van der Waals surface area contributed by atoms with Gasteiger partial charge in [-0.2, -0.15) is 0 Å². The predicted molar refractivity (Wildman–Crippen MR) is 104 cm³/mol. The number of hydrogen-bond donors (Lipinski definition) is 1. The number of ether oxygens (including phenoxy) is 1. The summed E-state index contributed by atoms with van der Waals surface area (Å²) in [7, 11) is 0. The van der Waals surface area contributed by atoms with E-state index in [1.165, 1.54) is 23.5 Å². The van der Waals surface area contributed by atoms with Gasteiger partial charge in [0.2, 0.25) is 0 Å². The van der Waals surface area contributed by atoms with Crippen LogP contribution in [0.25, 0.3) is 11.3 Å². The molecule has 1 amide bonds. The summed E-state index contributed by atoms with van der Waals surface area (Å²) in [6.07, 6.45) is 0. The number of nitro benzene ring substituents is 1. The van der Waals surface area contributed by atoms with Gasteiger partial charge >= 0.3 is 0 Å². The smallest absolute Gasteiger partial charge is 0.269 e. The minimum absolute atomic E-state index is 0.0196. The average Bonchev–Trinajstić information content (AvgIpc) is 3.09. The van der Waals surface area contributed by atoms with Crippen LogP contribution in [0.4, 0.5) is 10.8 Å². The van der Waals surface area contributed by atoms with E-state index in [0.29, 0.717) is 16.6 Å². The first-order valence-electron chi connectivity index (χ1n) is 8.13. The van der Waals surface area contributed by atoms with Gasteiger partial charge in [0, 0.05) is 23.1 Å². The van der Waals surface area contributed by atoms with Gasteiger partial charge in [-0.15, -0.1) is 11.3 Å². The van der Waals surface area contributed by atoms with Crippen LogP contribution >= 0.6 is 11.3 Å². The number of aromatic nitrogens is 1. The number of nitro groups is 1. The highest BCUT2D eigenvalue weighted by Crippen LogP contribution is 2.27. The van der Waals surface area contributed by atoms with E-state index < -0.39 is 4.92 Å². The maximum atomic E-state index is 12.1. The zero-order chi connectivity index (χ0) is 19.4. The van der Waals surface area contributed by atoms with Crippen molar-refractivity contribution < 1.29 is 14.5 Å². The minimum atomic E-state index is -0.452. The molecule has 3 aromatic rings. The topological polar surface area (TPSA) is 94.4 Å². The number of aryl methyl sites for hydroxylation is 2. The predicted octanol–water partition coefficient (Wildman–Crippen LogP) is 4.35. The van der Waals surface area contributed by atoms with Gasteiger partial charge in [-0.25, -0.2) is 4.98 Å². The van der Waals surface area contributed by atoms with E-state index >= 15 is 0 Å². The van der Waals surface area contributed by atoms with E-state index in [2.05, 4.69) is 10.3 Å². The number of benzene rings is 2. The first-order chi connectivity index (χ1) is 12.9. The Hall–Kier alpha value is -3.26. The summed E-state index contributed by atoms with van der Waals surface area (Å²) in [5.41, 5.74) is 3.34. The van der Waals surface area contributed by atoms with Gasteiger partial charge in [-0.3, -0.25) is 20.2 Å². The van der Waals surface area contributed by atoms with Gasteiger partial charge in [-0.1, -0.05) is 18.2 Å². The Morgan fingerprint density at radius 1 is 1.19 bits per heavy atom. The molecule has 0 radical (unpaired) electrons. The summed E-state index contributed by atoms with van der Waals surface area (Å²) in [6.45, 7) is 3.74. The summed E-state index contributed by atoms with van der Waals surface area (Å²) in [6, 6.07) is 11.9. The zero-order valence-electron chi connectivity index (χ0n) is 14.8. The fourth-order valence-electron chi connectivity index (χ4n) is 2.54. The molecular formula is C19H17N3O4S. The Morgan fingerprint density at radius 2 is 1.85 bits per heavy atom. The summed E-state index contributed by atoms with van der Waals surface area (Å²) >= 11 is 1.28. The molecule has 0 aliphatic heterocycles. The molecule has 7 nitrogen and oxygen atoms in total. The summed E-state index contributed by atoms with van der Waals surface area (Å²) in [4.78, 5) is 26.7. The Morgan fingerprint density at radius 3 is 2.48 bits per heavy atom. The SMILES string of the molecule is Cc1cccc(C)c1OCC(=O)Nc1nc(-c2ccc([N+](=O)[O-])cc2)cs1. The van der Waals surface area contributed by atoms with Crippen LogP contribution in [0.15, 0.2) is 47.8 Å². The van der Waals surface area contributed by atoms with Crippen molar-refractivity contribution in [3.63, 3.8) is 0 Å². The molecule has 27 heavy (non-hydrogen) atoms. The van der Waals surface area contributed by atoms with Crippen molar-refractivity contribution in [1.82, 2.24) is 4.98 Å². The molecule has 0 bridgehead atoms. The maximum absolute atomic E-state index is 12.1. The van der Waals surface area contributed by atoms with Crippen LogP contribution in [0.2, 0.25) is 0 Å². The molecule has 0 unspecified atom stereocenters. The second kappa shape index (κ2) is 7.96. The van der Waals surface area contributed by atoms with Crippen molar-refractivity contribution in [3.8, 4) is 17.0 Å². The van der Waals surface area contributed by atoms with Crippen molar-refractivity contribution in [3.05, 3.63) is 69.1 Å². The summed E-state index contributed by atoms with van der Waals surface area (Å²) in [5.74, 6) is 0.403. The molecule has 0 aliphatic rings. The number of hydrogen-bond acceptors (Lipinski definition) is 6. The molecule has 8 heteroatoms. The van der Waals surface area contributed by atoms with E-state index in [-0.39, 0.29) is 18.2 Å². The normalized spacial score (nSPS) is 10.4. The molecule has 0 saturated heterocycles. The zero-order valence-corrected chi connectivity index (χ0v) is 15.6. The molecule has 0 fully saturated rings. The van der Waals surface area contributed by atoms with E-state index in [4.69, 9.17) is 4.74 Å². The molecule has 0 spiro atoms. The van der Waals surface area contributed by atoms with Gasteiger partial charge in [0.1, 0.15) is 5.75 Å². The third-order valence-electron chi connectivity index (χ3n) is 3.88. The molecular weight excluding hydrogens is 366 g/mol. The highest BCUT2D eigenvalue weighted by atomic mass is 32.1. The van der Waals surface area contributed by atoms with Crippen molar-refractivity contribution in [2.45, 2.75) is 13.8 Å². The molecule has 3 rings (SSSR count). The third kappa shape index (κ3) is 4.48. The molecule has 0 atom stereocenters. The number of thiazole rings is 1. The molecule has 2 aromatic carbocycles. The Bertz CT molecular complexity index is 963. The van der Waals surface area contributed by atoms with E-state index in [0.717, 1.165) is 16.7 Å². The number of anilines is 1. The second-order valence-corrected chi connectivity index (χ2v) is 6.76. The van der Waals surface area contributed by atoms with Crippen LogP contribution < -0.4 is 10.1 Å². The van der Waals surface area contributed by atoms with E-state index in [1.807, 2.05) is 32.0 Å². The molecule has 138 valence electrons. The Labute approximate surface area is 159 Å². The van der Waals surface area contributed by atoms with Crippen LogP contribution in [0.3, 0.4) is 0 Å². The van der Waals surface area contributed by atoms with Crippen LogP contribution in [0.5, 0.6) is 5.75 Å². The van der Waals surface area contributed by atoms with E-state index in [9.17, 15) is 14.9 Å². The number of non-ortho nitro benzene ring substituents is 1. The number of para-hydroxylation sites is 1. The van der Waals surface area contributed by atoms with Crippen molar-refractivity contribution >= 4 is 28.1 Å². The number of rotatable bonds is 6. The summed E-state index contributed by atoms with van der Waals surface area (Å²) < 4.78 is 5.63. The van der Waals surface area contributed by atoms with Crippen LogP contribution in [0, 0.1) is 24.0 Å². The van der Waals surface area contributed by atoms with Gasteiger partial charge < -0.3 is 4.74 Å².